The summed E-state index contributed by atoms with van der Waals surface area (Å²) in [5.74, 6) is 0.496. The third-order valence-electron chi connectivity index (χ3n) is 4.41. The summed E-state index contributed by atoms with van der Waals surface area (Å²) in [5.41, 5.74) is 4.56. The molecule has 0 aliphatic heterocycles. The standard InChI is InChI=1S/C20H27ClN2O2/c1-5-17(18-12-15(2)13-19(21)14-18)9-6-16-7-10-20(11-8-16)23(25-24)22(3)4/h7-8,10-14,17,24H,5-6,9H2,1-4H3. The summed E-state index contributed by atoms with van der Waals surface area (Å²) in [7, 11) is 3.59. The first kappa shape index (κ1) is 19.7. The van der Waals surface area contributed by atoms with Crippen LogP contribution in [0.2, 0.25) is 5.02 Å². The zero-order chi connectivity index (χ0) is 18.4. The Labute approximate surface area is 155 Å². The lowest BCUT2D eigenvalue weighted by molar-refractivity contribution is -0.281. The van der Waals surface area contributed by atoms with E-state index in [0.29, 0.717) is 5.92 Å². The fourth-order valence-electron chi connectivity index (χ4n) is 3.09. The largest absolute Gasteiger partial charge is 0.226 e. The smallest absolute Gasteiger partial charge is 0.0856 e. The SMILES string of the molecule is CCC(CCc1ccc(N(OO)N(C)C)cc1)c1cc(C)cc(Cl)c1. The molecule has 4 nitrogen and oxygen atoms in total. The van der Waals surface area contributed by atoms with E-state index in [1.807, 2.05) is 18.2 Å². The number of hydrogen-bond donors (Lipinski definition) is 1. The van der Waals surface area contributed by atoms with Crippen LogP contribution in [0.3, 0.4) is 0 Å². The molecular weight excluding hydrogens is 336 g/mol. The predicted molar refractivity (Wildman–Crippen MR) is 104 cm³/mol. The molecule has 2 aromatic rings. The van der Waals surface area contributed by atoms with Gasteiger partial charge in [0.1, 0.15) is 0 Å². The molecule has 2 aromatic carbocycles. The van der Waals surface area contributed by atoms with Crippen LogP contribution in [-0.2, 0) is 11.4 Å². The van der Waals surface area contributed by atoms with Crippen molar-refractivity contribution in [3.63, 3.8) is 0 Å². The van der Waals surface area contributed by atoms with Gasteiger partial charge in [0, 0.05) is 19.1 Å². The second-order valence-corrected chi connectivity index (χ2v) is 7.01. The first-order valence-electron chi connectivity index (χ1n) is 8.59. The molecule has 136 valence electrons. The Bertz CT molecular complexity index is 654. The Morgan fingerprint density at radius 1 is 1.12 bits per heavy atom. The fourth-order valence-corrected chi connectivity index (χ4v) is 3.39. The molecule has 0 heterocycles. The van der Waals surface area contributed by atoms with Gasteiger partial charge in [0.15, 0.2) is 0 Å². The monoisotopic (exact) mass is 362 g/mol. The van der Waals surface area contributed by atoms with Crippen molar-refractivity contribution in [2.24, 2.45) is 0 Å². The van der Waals surface area contributed by atoms with Crippen LogP contribution < -0.4 is 5.17 Å². The molecule has 0 fully saturated rings. The van der Waals surface area contributed by atoms with Crippen molar-refractivity contribution in [1.29, 1.82) is 0 Å². The van der Waals surface area contributed by atoms with E-state index >= 15 is 0 Å². The molecule has 0 aliphatic carbocycles. The maximum absolute atomic E-state index is 8.97. The van der Waals surface area contributed by atoms with Crippen molar-refractivity contribution in [3.8, 4) is 0 Å². The Kier molecular flexibility index (Phi) is 7.26. The number of benzene rings is 2. The highest BCUT2D eigenvalue weighted by atomic mass is 35.5. The van der Waals surface area contributed by atoms with E-state index in [1.54, 1.807) is 19.1 Å². The topological polar surface area (TPSA) is 35.9 Å². The number of nitrogens with zero attached hydrogens (tertiary/aromatic N) is 2. The van der Waals surface area contributed by atoms with E-state index in [4.69, 9.17) is 16.9 Å². The molecule has 1 atom stereocenters. The van der Waals surface area contributed by atoms with E-state index in [2.05, 4.69) is 43.1 Å². The van der Waals surface area contributed by atoms with Crippen LogP contribution in [0.5, 0.6) is 0 Å². The number of rotatable bonds is 8. The lowest BCUT2D eigenvalue weighted by Crippen LogP contribution is -2.36. The molecule has 0 bridgehead atoms. The van der Waals surface area contributed by atoms with Gasteiger partial charge in [-0.15, -0.1) is 0 Å². The van der Waals surface area contributed by atoms with Crippen LogP contribution in [0.4, 0.5) is 5.69 Å². The van der Waals surface area contributed by atoms with E-state index < -0.39 is 0 Å². The van der Waals surface area contributed by atoms with Crippen LogP contribution in [0, 0.1) is 6.92 Å². The quantitative estimate of drug-likeness (QED) is 0.499. The van der Waals surface area contributed by atoms with E-state index in [0.717, 1.165) is 30.0 Å². The summed E-state index contributed by atoms with van der Waals surface area (Å²) < 4.78 is 0. The van der Waals surface area contributed by atoms with Crippen LogP contribution in [-0.4, -0.2) is 24.4 Å². The molecule has 1 N–H and O–H groups in total. The highest BCUT2D eigenvalue weighted by Gasteiger charge is 2.12. The molecule has 2 rings (SSSR count). The first-order chi connectivity index (χ1) is 11.9. The van der Waals surface area contributed by atoms with Gasteiger partial charge in [0.2, 0.25) is 0 Å². The van der Waals surface area contributed by atoms with Crippen molar-refractivity contribution >= 4 is 17.3 Å². The van der Waals surface area contributed by atoms with Crippen molar-refractivity contribution in [2.45, 2.75) is 39.0 Å². The molecule has 0 amide bonds. The van der Waals surface area contributed by atoms with Gasteiger partial charge < -0.3 is 0 Å². The molecule has 1 unspecified atom stereocenters. The third kappa shape index (κ3) is 5.44. The molecule has 0 spiro atoms. The van der Waals surface area contributed by atoms with Crippen molar-refractivity contribution in [1.82, 2.24) is 5.01 Å². The van der Waals surface area contributed by atoms with Crippen molar-refractivity contribution < 1.29 is 10.2 Å². The summed E-state index contributed by atoms with van der Waals surface area (Å²) in [6.07, 6.45) is 3.15. The molecule has 0 saturated carbocycles. The number of anilines is 1. The second-order valence-electron chi connectivity index (χ2n) is 6.57. The average molecular weight is 363 g/mol. The Morgan fingerprint density at radius 3 is 2.32 bits per heavy atom. The molecule has 0 radical (unpaired) electrons. The first-order valence-corrected chi connectivity index (χ1v) is 8.97. The van der Waals surface area contributed by atoms with Crippen molar-refractivity contribution in [3.05, 3.63) is 64.2 Å². The van der Waals surface area contributed by atoms with Gasteiger partial charge in [0.05, 0.1) is 5.69 Å². The summed E-state index contributed by atoms with van der Waals surface area (Å²) in [6.45, 7) is 4.30. The molecule has 5 heteroatoms. The van der Waals surface area contributed by atoms with Gasteiger partial charge in [-0.3, -0.25) is 0 Å². The summed E-state index contributed by atoms with van der Waals surface area (Å²) >= 11 is 6.21. The number of aryl methyl sites for hydroxylation is 2. The minimum atomic E-state index is 0.496. The van der Waals surface area contributed by atoms with E-state index in [-0.39, 0.29) is 0 Å². The summed E-state index contributed by atoms with van der Waals surface area (Å²) in [5, 5.41) is 12.8. The minimum Gasteiger partial charge on any atom is -0.226 e. The maximum Gasteiger partial charge on any atom is 0.0856 e. The molecular formula is C20H27ClN2O2. The third-order valence-corrected chi connectivity index (χ3v) is 4.63. The zero-order valence-electron chi connectivity index (χ0n) is 15.4. The van der Waals surface area contributed by atoms with Crippen LogP contribution >= 0.6 is 11.6 Å². The fraction of sp³-hybridized carbons (Fsp3) is 0.400. The number of hydrazine groups is 1. The van der Waals surface area contributed by atoms with Gasteiger partial charge in [-0.2, -0.15) is 10.2 Å². The molecule has 25 heavy (non-hydrogen) atoms. The van der Waals surface area contributed by atoms with Gasteiger partial charge in [-0.25, -0.2) is 5.26 Å². The Hall–Kier alpha value is -1.59. The number of hydrogen-bond acceptors (Lipinski definition) is 4. The van der Waals surface area contributed by atoms with Gasteiger partial charge in [0.25, 0.3) is 0 Å². The molecule has 0 aromatic heterocycles. The number of halogens is 1. The van der Waals surface area contributed by atoms with Crippen LogP contribution in [0.25, 0.3) is 0 Å². The second kappa shape index (κ2) is 9.20. The molecule has 0 aliphatic rings. The summed E-state index contributed by atoms with van der Waals surface area (Å²) in [6, 6.07) is 14.3. The van der Waals surface area contributed by atoms with Gasteiger partial charge in [-0.05, 0) is 73.1 Å². The minimum absolute atomic E-state index is 0.496. The van der Waals surface area contributed by atoms with E-state index in [1.165, 1.54) is 21.9 Å². The lowest BCUT2D eigenvalue weighted by Gasteiger charge is -2.25. The van der Waals surface area contributed by atoms with Crippen LogP contribution in [0.15, 0.2) is 42.5 Å². The Morgan fingerprint density at radius 2 is 1.80 bits per heavy atom. The average Bonchev–Trinajstić information content (AvgIpc) is 2.56. The van der Waals surface area contributed by atoms with Gasteiger partial charge >= 0.3 is 0 Å². The highest BCUT2D eigenvalue weighted by Crippen LogP contribution is 2.28. The Balaban J connectivity index is 2.04. The predicted octanol–water partition coefficient (Wildman–Crippen LogP) is 5.46. The summed E-state index contributed by atoms with van der Waals surface area (Å²) in [4.78, 5) is 4.38. The van der Waals surface area contributed by atoms with Crippen molar-refractivity contribution in [2.75, 3.05) is 19.3 Å². The molecule has 0 saturated heterocycles. The normalized spacial score (nSPS) is 12.4. The maximum atomic E-state index is 8.97. The lowest BCUT2D eigenvalue weighted by atomic mass is 9.89. The highest BCUT2D eigenvalue weighted by molar-refractivity contribution is 6.30. The van der Waals surface area contributed by atoms with Gasteiger partial charge in [-0.1, -0.05) is 41.7 Å². The zero-order valence-corrected chi connectivity index (χ0v) is 16.1. The van der Waals surface area contributed by atoms with Crippen LogP contribution in [0.1, 0.15) is 42.4 Å². The van der Waals surface area contributed by atoms with E-state index in [9.17, 15) is 0 Å².